The minimum absolute atomic E-state index is 0. The third kappa shape index (κ3) is 567. The van der Waals surface area contributed by atoms with Gasteiger partial charge in [-0.1, -0.05) is 41.5 Å². The first kappa shape index (κ1) is 131. The summed E-state index contributed by atoms with van der Waals surface area (Å²) in [6, 6.07) is 0. The topological polar surface area (TPSA) is 929 Å². The summed E-state index contributed by atoms with van der Waals surface area (Å²) in [5, 5.41) is 21.9. The molecule has 0 bridgehead atoms. The minimum Gasteiger partial charge on any atom is -0.412 e. The molecule has 0 atom stereocenters. The summed E-state index contributed by atoms with van der Waals surface area (Å²) in [5.74, 6) is 0. The zero-order valence-electron chi connectivity index (χ0n) is 40.2. The molecule has 0 radical (unpaired) electrons. The Morgan fingerprint density at radius 3 is 0.442 bits per heavy atom. The van der Waals surface area contributed by atoms with Crippen LogP contribution in [0.25, 0.3) is 0 Å². The van der Waals surface area contributed by atoms with E-state index in [1.54, 1.807) is 0 Å². The van der Waals surface area contributed by atoms with Crippen molar-refractivity contribution in [1.82, 2.24) is 0 Å². The van der Waals surface area contributed by atoms with Crippen LogP contribution in [0.1, 0.15) is 41.5 Å². The number of carbonyl (C=O) groups is 1. The molecular formula is C16H68O50S11. The molecule has 0 fully saturated rings. The van der Waals surface area contributed by atoms with Crippen molar-refractivity contribution in [3.8, 4) is 0 Å². The predicted octanol–water partition coefficient (Wildman–Crippen LogP) is -10.6. The lowest BCUT2D eigenvalue weighted by molar-refractivity contribution is -0.0980. The summed E-state index contributed by atoms with van der Waals surface area (Å²) in [5.41, 5.74) is 0. The highest BCUT2D eigenvalue weighted by molar-refractivity contribution is 7.87. The average Bonchev–Trinajstić information content (AvgIpc) is 3.03. The second-order valence-corrected chi connectivity index (χ2v) is 20.8. The molecule has 0 rings (SSSR count). The number of hydrogen-bond acceptors (Lipinski definition) is 33. The van der Waals surface area contributed by atoms with E-state index < -0.39 is 147 Å². The maximum absolute atomic E-state index is 10.2. The Hall–Kier alpha value is -1.96. The van der Waals surface area contributed by atoms with Crippen LogP contribution < -0.4 is 0 Å². The molecule has 498 valence electrons. The maximum atomic E-state index is 10.2. The fourth-order valence-corrected chi connectivity index (χ4v) is 2.06. The molecule has 26 N–H and O–H groups in total. The van der Waals surface area contributed by atoms with E-state index in [1.807, 2.05) is 48.3 Å². The quantitative estimate of drug-likeness (QED) is 0.0436. The van der Waals surface area contributed by atoms with Crippen LogP contribution in [-0.2, 0) is 147 Å². The van der Waals surface area contributed by atoms with Gasteiger partial charge in [0.15, 0.2) is 27.2 Å². The van der Waals surface area contributed by atoms with Gasteiger partial charge in [0.1, 0.15) is 13.6 Å². The first-order chi connectivity index (χ1) is 30.6. The smallest absolute Gasteiger partial charge is 0.399 e. The molecule has 0 saturated carbocycles. The SMILES string of the molecule is C=O.CC.CC.CC.CS(=O)(=O)O.CS(=O)(=O)OCOS(=O)(=O)O.CS(=O)(=O)OCOS(C)(=O)=O.O.O.O.O.O.O.O=S(=O)(O)O.O=S(=O)(O)O.O=S(=O)(O)O.O=S(=O)(O)OCO.O=S(=O)(O)OCOS(=O)(=O)O.OCO. The standard InChI is InChI=1S/C3H8O6S2.C2H6O7S2.3C2H6.CH4O8S2.CH4O5S.CH4O3S.CH4O2.CH2O.3H2O4S.6H2O/c1-10(4,5)8-3-9-11(2,6)7;1-10(3,4)8-2-9-11(5,6)7;3*1-2;2-10(3,4)8-1-9-11(5,6)7;2-1-6-7(3,4)5;1-5(2,3)4;2-1-3;1-2;3*1-5(2,3)4;;;;;;/h3H2,1-2H3;2H2,1H3,(H,5,6,7);3*1-2H3;1H2,(H,2,3,4)(H,5,6,7);2H,1H2,(H,3,4,5);1H3,(H,2,3,4);2-3H,1H2;1H2;3*(H2,1,2,3,4);6*1H2. The first-order valence-electron chi connectivity index (χ1n) is 14.7. The van der Waals surface area contributed by atoms with Crippen molar-refractivity contribution in [3.63, 3.8) is 0 Å². The number of aliphatic hydroxyl groups is 3. The van der Waals surface area contributed by atoms with E-state index in [1.165, 1.54) is 0 Å². The highest BCUT2D eigenvalue weighted by Crippen LogP contribution is 1.93. The van der Waals surface area contributed by atoms with Crippen LogP contribution >= 0.6 is 0 Å². The monoisotopic (exact) mass is 1410 g/mol. The molecule has 0 aliphatic rings. The molecule has 0 amide bonds. The Bertz CT molecular complexity index is 2070. The lowest BCUT2D eigenvalue weighted by atomic mass is 11.0. The van der Waals surface area contributed by atoms with Crippen molar-refractivity contribution in [3.05, 3.63) is 0 Å². The minimum atomic E-state index is -4.75. The van der Waals surface area contributed by atoms with Gasteiger partial charge in [0, 0.05) is 0 Å². The van der Waals surface area contributed by atoms with Crippen molar-refractivity contribution < 1.29 is 225 Å². The van der Waals surface area contributed by atoms with Crippen molar-refractivity contribution in [1.29, 1.82) is 0 Å². The summed E-state index contributed by atoms with van der Waals surface area (Å²) < 4.78 is 315. The van der Waals surface area contributed by atoms with E-state index in [-0.39, 0.29) is 32.9 Å². The number of hydrogen-bond donors (Lipinski definition) is 14. The summed E-state index contributed by atoms with van der Waals surface area (Å²) in [6.45, 7) is 9.05. The van der Waals surface area contributed by atoms with Crippen LogP contribution in [0.2, 0.25) is 0 Å². The lowest BCUT2D eigenvalue weighted by Gasteiger charge is -1.99. The number of carbonyl (C=O) groups excluding carboxylic acids is 1. The molecule has 0 aromatic heterocycles. The van der Waals surface area contributed by atoms with Crippen molar-refractivity contribution in [2.45, 2.75) is 41.5 Å². The van der Waals surface area contributed by atoms with Crippen molar-refractivity contribution in [2.75, 3.05) is 59.0 Å². The van der Waals surface area contributed by atoms with E-state index in [2.05, 4.69) is 29.3 Å². The van der Waals surface area contributed by atoms with Gasteiger partial charge in [-0.2, -0.15) is 92.6 Å². The number of aliphatic hydroxyl groups excluding tert-OH is 2. The van der Waals surface area contributed by atoms with E-state index in [4.69, 9.17) is 95.4 Å². The fourth-order valence-electron chi connectivity index (χ4n) is 0.570. The van der Waals surface area contributed by atoms with Crippen LogP contribution in [0.5, 0.6) is 0 Å². The Morgan fingerprint density at radius 1 is 0.286 bits per heavy atom. The van der Waals surface area contributed by atoms with Crippen LogP contribution in [0, 0.1) is 0 Å². The van der Waals surface area contributed by atoms with Crippen molar-refractivity contribution >= 4 is 120 Å². The molecule has 50 nitrogen and oxygen atoms in total. The molecule has 0 unspecified atom stereocenters. The predicted molar refractivity (Wildman–Crippen MR) is 252 cm³/mol. The van der Waals surface area contributed by atoms with E-state index in [9.17, 15) is 67.3 Å². The molecule has 77 heavy (non-hydrogen) atoms. The summed E-state index contributed by atoms with van der Waals surface area (Å²) in [7, 11) is -47.2. The summed E-state index contributed by atoms with van der Waals surface area (Å²) >= 11 is 0. The third-order valence-electron chi connectivity index (χ3n) is 1.58. The van der Waals surface area contributed by atoms with Gasteiger partial charge in [0.05, 0.1) is 25.0 Å². The molecule has 0 aliphatic heterocycles. The Morgan fingerprint density at radius 2 is 0.377 bits per heavy atom. The van der Waals surface area contributed by atoms with E-state index >= 15 is 0 Å². The molecule has 0 aromatic carbocycles. The molecule has 0 heterocycles. The molecule has 0 saturated heterocycles. The van der Waals surface area contributed by atoms with Gasteiger partial charge in [-0.25, -0.2) is 29.3 Å². The average molecular weight is 1410 g/mol. The normalized spacial score (nSPS) is 10.3. The summed E-state index contributed by atoms with van der Waals surface area (Å²) in [6.07, 6.45) is 3.00. The highest BCUT2D eigenvalue weighted by atomic mass is 32.3. The largest absolute Gasteiger partial charge is 0.412 e. The molecular weight excluding hydrogens is 1340 g/mol. The van der Waals surface area contributed by atoms with Gasteiger partial charge in [0.2, 0.25) is 0 Å². The fraction of sp³-hybridized carbons (Fsp3) is 0.938. The van der Waals surface area contributed by atoms with Gasteiger partial charge >= 0.3 is 72.8 Å². The second kappa shape index (κ2) is 68.3. The Kier molecular flexibility index (Phi) is 116. The van der Waals surface area contributed by atoms with Crippen LogP contribution in [0.15, 0.2) is 0 Å². The Labute approximate surface area is 443 Å². The van der Waals surface area contributed by atoms with Gasteiger partial charge in [-0.05, 0) is 0 Å². The highest BCUT2D eigenvalue weighted by Gasteiger charge is 2.10. The zero-order chi connectivity index (χ0) is 62.0. The third-order valence-corrected chi connectivity index (χ3v) is 4.74. The molecule has 0 aromatic rings. The number of rotatable bonds is 14. The lowest BCUT2D eigenvalue weighted by Crippen LogP contribution is -2.11. The molecule has 0 aliphatic carbocycles. The van der Waals surface area contributed by atoms with E-state index in [0.717, 1.165) is 12.5 Å². The van der Waals surface area contributed by atoms with Crippen LogP contribution in [0.3, 0.4) is 0 Å². The second-order valence-electron chi connectivity index (χ2n) is 7.35. The zero-order valence-corrected chi connectivity index (χ0v) is 49.2. The first-order valence-corrected chi connectivity index (χ1v) is 31.7. The maximum Gasteiger partial charge on any atom is 0.399 e. The van der Waals surface area contributed by atoms with Gasteiger partial charge in [0.25, 0.3) is 40.5 Å². The van der Waals surface area contributed by atoms with Crippen LogP contribution in [0.4, 0.5) is 0 Å². The van der Waals surface area contributed by atoms with Gasteiger partial charge < -0.3 is 53.0 Å². The Balaban J connectivity index is -0.0000000288. The van der Waals surface area contributed by atoms with Crippen LogP contribution in [-0.4, -0.2) is 257 Å². The van der Waals surface area contributed by atoms with Gasteiger partial charge in [-0.3, -0.25) is 50.1 Å². The summed E-state index contributed by atoms with van der Waals surface area (Å²) in [4.78, 5) is 8.00. The molecule has 61 heteroatoms. The van der Waals surface area contributed by atoms with E-state index in [0.29, 0.717) is 12.5 Å². The van der Waals surface area contributed by atoms with Crippen molar-refractivity contribution in [2.24, 2.45) is 0 Å². The molecule has 0 spiro atoms. The van der Waals surface area contributed by atoms with Gasteiger partial charge in [-0.15, -0.1) is 0 Å².